The Morgan fingerprint density at radius 1 is 1.33 bits per heavy atom. The van der Waals surface area contributed by atoms with Crippen LogP contribution in [0.25, 0.3) is 16.9 Å². The largest absolute Gasteiger partial charge is 0.309 e. The fourth-order valence-electron chi connectivity index (χ4n) is 2.79. The second-order valence-corrected chi connectivity index (χ2v) is 5.27. The number of hydrogen-bond acceptors (Lipinski definition) is 4. The van der Waals surface area contributed by atoms with Crippen LogP contribution in [-0.2, 0) is 0 Å². The van der Waals surface area contributed by atoms with Crippen LogP contribution in [0, 0.1) is 0 Å². The molecule has 1 atom stereocenters. The molecule has 4 heterocycles. The highest BCUT2D eigenvalue weighted by atomic mass is 16.1. The summed E-state index contributed by atoms with van der Waals surface area (Å²) in [5.41, 5.74) is 3.16. The molecule has 2 N–H and O–H groups in total. The van der Waals surface area contributed by atoms with Crippen molar-refractivity contribution in [2.24, 2.45) is 0 Å². The van der Waals surface area contributed by atoms with Gasteiger partial charge in [0.15, 0.2) is 5.65 Å². The summed E-state index contributed by atoms with van der Waals surface area (Å²) in [6.07, 6.45) is 5.64. The molecule has 6 nitrogen and oxygen atoms in total. The molecular weight excluding hydrogens is 266 g/mol. The third kappa shape index (κ3) is 2.13. The van der Waals surface area contributed by atoms with E-state index in [2.05, 4.69) is 20.4 Å². The second-order valence-electron chi connectivity index (χ2n) is 5.27. The molecule has 0 bridgehead atoms. The van der Waals surface area contributed by atoms with Crippen LogP contribution in [0.4, 0.5) is 0 Å². The van der Waals surface area contributed by atoms with Crippen molar-refractivity contribution in [2.45, 2.75) is 18.9 Å². The molecule has 1 unspecified atom stereocenters. The lowest BCUT2D eigenvalue weighted by atomic mass is 10.1. The number of aromatic amines is 1. The summed E-state index contributed by atoms with van der Waals surface area (Å²) in [5.74, 6) is 0. The number of nitrogens with one attached hydrogen (secondary N) is 2. The minimum Gasteiger partial charge on any atom is -0.309 e. The van der Waals surface area contributed by atoms with Crippen LogP contribution < -0.4 is 10.9 Å². The van der Waals surface area contributed by atoms with Crippen molar-refractivity contribution in [3.8, 4) is 11.3 Å². The molecule has 6 heteroatoms. The van der Waals surface area contributed by atoms with Crippen LogP contribution in [0.2, 0.25) is 0 Å². The number of hydrogen-bond donors (Lipinski definition) is 2. The Balaban J connectivity index is 1.84. The lowest BCUT2D eigenvalue weighted by Gasteiger charge is -2.08. The van der Waals surface area contributed by atoms with Gasteiger partial charge in [0.25, 0.3) is 5.56 Å². The number of aromatic nitrogens is 4. The van der Waals surface area contributed by atoms with Crippen LogP contribution in [0.3, 0.4) is 0 Å². The summed E-state index contributed by atoms with van der Waals surface area (Å²) in [6, 6.07) is 7.50. The van der Waals surface area contributed by atoms with E-state index < -0.39 is 0 Å². The maximum atomic E-state index is 12.2. The number of H-pyrrole nitrogens is 1. The molecule has 1 saturated heterocycles. The summed E-state index contributed by atoms with van der Waals surface area (Å²) in [5, 5.41) is 6.45. The average molecular weight is 281 g/mol. The van der Waals surface area contributed by atoms with E-state index in [0.717, 1.165) is 36.3 Å². The van der Waals surface area contributed by atoms with Gasteiger partial charge in [-0.1, -0.05) is 0 Å². The zero-order valence-corrected chi connectivity index (χ0v) is 11.4. The summed E-state index contributed by atoms with van der Waals surface area (Å²) in [4.78, 5) is 21.0. The van der Waals surface area contributed by atoms with E-state index in [1.165, 1.54) is 4.52 Å². The molecule has 106 valence electrons. The Morgan fingerprint density at radius 2 is 2.29 bits per heavy atom. The van der Waals surface area contributed by atoms with E-state index in [1.54, 1.807) is 18.5 Å². The van der Waals surface area contributed by atoms with Gasteiger partial charge in [0, 0.05) is 36.1 Å². The third-order valence-corrected chi connectivity index (χ3v) is 3.86. The number of pyridine rings is 1. The standard InChI is InChI=1S/C15H15N5O/c21-15-8-13(11-4-2-6-17-11)18-14-7-12(19-20(14)15)10-3-1-5-16-9-10/h1,3,5,7-9,11,17,19H,2,4,6H2. The molecule has 0 saturated carbocycles. The summed E-state index contributed by atoms with van der Waals surface area (Å²) < 4.78 is 1.47. The van der Waals surface area contributed by atoms with Gasteiger partial charge in [-0.25, -0.2) is 9.50 Å². The van der Waals surface area contributed by atoms with E-state index in [-0.39, 0.29) is 11.6 Å². The molecular formula is C15H15N5O. The van der Waals surface area contributed by atoms with Crippen LogP contribution in [-0.4, -0.2) is 26.1 Å². The quantitative estimate of drug-likeness (QED) is 0.746. The molecule has 1 aliphatic rings. The van der Waals surface area contributed by atoms with E-state index in [1.807, 2.05) is 18.2 Å². The molecule has 4 rings (SSSR count). The minimum absolute atomic E-state index is 0.0844. The Morgan fingerprint density at radius 3 is 3.05 bits per heavy atom. The van der Waals surface area contributed by atoms with Crippen molar-refractivity contribution in [3.63, 3.8) is 0 Å². The number of fused-ring (bicyclic) bond motifs is 1. The first kappa shape index (κ1) is 12.3. The lowest BCUT2D eigenvalue weighted by molar-refractivity contribution is 0.625. The monoisotopic (exact) mass is 281 g/mol. The van der Waals surface area contributed by atoms with Crippen LogP contribution in [0.5, 0.6) is 0 Å². The zero-order valence-electron chi connectivity index (χ0n) is 11.4. The van der Waals surface area contributed by atoms with Gasteiger partial charge >= 0.3 is 0 Å². The second kappa shape index (κ2) is 4.82. The summed E-state index contributed by atoms with van der Waals surface area (Å²) in [6.45, 7) is 0.986. The molecule has 1 fully saturated rings. The molecule has 0 amide bonds. The summed E-state index contributed by atoms with van der Waals surface area (Å²) >= 11 is 0. The third-order valence-electron chi connectivity index (χ3n) is 3.86. The van der Waals surface area contributed by atoms with Gasteiger partial charge in [-0.15, -0.1) is 0 Å². The maximum absolute atomic E-state index is 12.2. The van der Waals surface area contributed by atoms with Gasteiger partial charge in [0.2, 0.25) is 0 Å². The van der Waals surface area contributed by atoms with E-state index in [4.69, 9.17) is 0 Å². The van der Waals surface area contributed by atoms with Gasteiger partial charge in [0.1, 0.15) is 0 Å². The van der Waals surface area contributed by atoms with Crippen LogP contribution in [0.1, 0.15) is 24.6 Å². The molecule has 3 aromatic rings. The van der Waals surface area contributed by atoms with Gasteiger partial charge in [-0.05, 0) is 31.5 Å². The molecule has 0 radical (unpaired) electrons. The molecule has 21 heavy (non-hydrogen) atoms. The molecule has 0 aromatic carbocycles. The molecule has 0 aliphatic carbocycles. The predicted octanol–water partition coefficient (Wildman–Crippen LogP) is 1.51. The van der Waals surface area contributed by atoms with Crippen molar-refractivity contribution < 1.29 is 0 Å². The molecule has 0 spiro atoms. The maximum Gasteiger partial charge on any atom is 0.272 e. The highest BCUT2D eigenvalue weighted by Gasteiger charge is 2.19. The SMILES string of the molecule is O=c1cc(C2CCCN2)nc2cc(-c3cccnc3)[nH]n12. The smallest absolute Gasteiger partial charge is 0.272 e. The van der Waals surface area contributed by atoms with Crippen molar-refractivity contribution in [3.05, 3.63) is 52.7 Å². The summed E-state index contributed by atoms with van der Waals surface area (Å²) in [7, 11) is 0. The fourth-order valence-corrected chi connectivity index (χ4v) is 2.79. The molecule has 1 aliphatic heterocycles. The van der Waals surface area contributed by atoms with Crippen molar-refractivity contribution >= 4 is 5.65 Å². The first-order chi connectivity index (χ1) is 10.3. The van der Waals surface area contributed by atoms with Crippen molar-refractivity contribution in [1.82, 2.24) is 24.9 Å². The van der Waals surface area contributed by atoms with Gasteiger partial charge in [0.05, 0.1) is 11.4 Å². The Hall–Kier alpha value is -2.47. The molecule has 3 aromatic heterocycles. The minimum atomic E-state index is -0.0844. The van der Waals surface area contributed by atoms with Gasteiger partial charge < -0.3 is 5.32 Å². The first-order valence-electron chi connectivity index (χ1n) is 7.08. The first-order valence-corrected chi connectivity index (χ1v) is 7.08. The predicted molar refractivity (Wildman–Crippen MR) is 79.0 cm³/mol. The highest BCUT2D eigenvalue weighted by Crippen LogP contribution is 2.22. The average Bonchev–Trinajstić information content (AvgIpc) is 3.17. The van der Waals surface area contributed by atoms with Crippen molar-refractivity contribution in [2.75, 3.05) is 6.54 Å². The van der Waals surface area contributed by atoms with Gasteiger partial charge in [-0.3, -0.25) is 14.9 Å². The van der Waals surface area contributed by atoms with E-state index >= 15 is 0 Å². The van der Waals surface area contributed by atoms with E-state index in [9.17, 15) is 4.79 Å². The number of rotatable bonds is 2. The lowest BCUT2D eigenvalue weighted by Crippen LogP contribution is -2.20. The van der Waals surface area contributed by atoms with E-state index in [0.29, 0.717) is 5.65 Å². The Labute approximate surface area is 120 Å². The van der Waals surface area contributed by atoms with Crippen LogP contribution in [0.15, 0.2) is 41.5 Å². The van der Waals surface area contributed by atoms with Crippen LogP contribution >= 0.6 is 0 Å². The fraction of sp³-hybridized carbons (Fsp3) is 0.267. The van der Waals surface area contributed by atoms with Gasteiger partial charge in [-0.2, -0.15) is 0 Å². The number of nitrogens with zero attached hydrogens (tertiary/aromatic N) is 3. The highest BCUT2D eigenvalue weighted by molar-refractivity contribution is 5.63. The Bertz CT molecular complexity index is 830. The topological polar surface area (TPSA) is 75.1 Å². The van der Waals surface area contributed by atoms with Crippen molar-refractivity contribution in [1.29, 1.82) is 0 Å². The zero-order chi connectivity index (χ0) is 14.2. The normalized spacial score (nSPS) is 18.4. The Kier molecular flexibility index (Phi) is 2.82.